The van der Waals surface area contributed by atoms with Gasteiger partial charge in [0.2, 0.25) is 0 Å². The second kappa shape index (κ2) is 9.92. The van der Waals surface area contributed by atoms with E-state index in [2.05, 4.69) is 72.5 Å². The number of nitrogens with zero attached hydrogens (tertiary/aromatic N) is 2. The third kappa shape index (κ3) is 4.50. The number of aryl methyl sites for hydroxylation is 1. The highest BCUT2D eigenvalue weighted by Crippen LogP contribution is 2.44. The van der Waals surface area contributed by atoms with Crippen LogP contribution in [0.4, 0.5) is 10.2 Å². The van der Waals surface area contributed by atoms with Crippen molar-refractivity contribution in [1.82, 2.24) is 4.98 Å². The predicted octanol–water partition coefficient (Wildman–Crippen LogP) is 8.07. The molecular weight excluding hydrogens is 495 g/mol. The number of anilines is 1. The molecule has 1 unspecified atom stereocenters. The number of benzene rings is 3. The summed E-state index contributed by atoms with van der Waals surface area (Å²) in [5.41, 5.74) is 9.25. The largest absolute Gasteiger partial charge is 0.489 e. The maximum Gasteiger partial charge on any atom is 0.129 e. The van der Waals surface area contributed by atoms with Crippen molar-refractivity contribution in [2.45, 2.75) is 51.6 Å². The number of allylic oxidation sites excluding steroid dienone is 1. The Bertz CT molecular complexity index is 1620. The molecule has 7 rings (SSSR count). The SMILES string of the molecule is Cc1nc(N2CCC3(C=Cc4ccccc43)CC2)ccc1-c1ccc(F)c(COc2ccc3c(c2)CC(C)C3)c1. The Morgan fingerprint density at radius 3 is 2.62 bits per heavy atom. The van der Waals surface area contributed by atoms with Gasteiger partial charge < -0.3 is 9.64 Å². The van der Waals surface area contributed by atoms with E-state index in [0.717, 1.165) is 67.2 Å². The van der Waals surface area contributed by atoms with Crippen molar-refractivity contribution in [3.8, 4) is 16.9 Å². The van der Waals surface area contributed by atoms with E-state index in [9.17, 15) is 4.39 Å². The minimum absolute atomic E-state index is 0.160. The van der Waals surface area contributed by atoms with Crippen molar-refractivity contribution < 1.29 is 9.13 Å². The topological polar surface area (TPSA) is 25.4 Å². The van der Waals surface area contributed by atoms with Crippen LogP contribution in [0.3, 0.4) is 0 Å². The van der Waals surface area contributed by atoms with Gasteiger partial charge in [-0.15, -0.1) is 0 Å². The maximum absolute atomic E-state index is 14.8. The van der Waals surface area contributed by atoms with Crippen LogP contribution in [0.15, 0.2) is 78.9 Å². The molecule has 0 bridgehead atoms. The molecule has 1 aromatic heterocycles. The quantitative estimate of drug-likeness (QED) is 0.261. The van der Waals surface area contributed by atoms with Gasteiger partial charge in [0.1, 0.15) is 24.0 Å². The van der Waals surface area contributed by atoms with Gasteiger partial charge in [-0.3, -0.25) is 0 Å². The van der Waals surface area contributed by atoms with E-state index >= 15 is 0 Å². The van der Waals surface area contributed by atoms with Crippen LogP contribution >= 0.6 is 0 Å². The Labute approximate surface area is 236 Å². The molecule has 0 amide bonds. The molecule has 3 aromatic carbocycles. The molecular formula is C36H35FN2O. The molecule has 4 aromatic rings. The molecule has 3 nitrogen and oxygen atoms in total. The first-order valence-corrected chi connectivity index (χ1v) is 14.5. The van der Waals surface area contributed by atoms with E-state index < -0.39 is 0 Å². The Morgan fingerprint density at radius 2 is 1.77 bits per heavy atom. The highest BCUT2D eigenvalue weighted by molar-refractivity contribution is 5.69. The molecule has 1 fully saturated rings. The summed E-state index contributed by atoms with van der Waals surface area (Å²) in [6.45, 7) is 6.48. The number of hydrogen-bond acceptors (Lipinski definition) is 3. The summed E-state index contributed by atoms with van der Waals surface area (Å²) >= 11 is 0. The summed E-state index contributed by atoms with van der Waals surface area (Å²) in [5.74, 6) is 2.25. The Hall–Kier alpha value is -3.92. The summed E-state index contributed by atoms with van der Waals surface area (Å²) in [5, 5.41) is 0. The van der Waals surface area contributed by atoms with Gasteiger partial charge in [0.25, 0.3) is 0 Å². The van der Waals surface area contributed by atoms with Gasteiger partial charge in [-0.1, -0.05) is 55.5 Å². The summed E-state index contributed by atoms with van der Waals surface area (Å²) in [7, 11) is 0. The van der Waals surface area contributed by atoms with Crippen LogP contribution < -0.4 is 9.64 Å². The van der Waals surface area contributed by atoms with Crippen molar-refractivity contribution in [3.05, 3.63) is 118 Å². The lowest BCUT2D eigenvalue weighted by atomic mass is 9.74. The van der Waals surface area contributed by atoms with Crippen molar-refractivity contribution in [2.24, 2.45) is 5.92 Å². The molecule has 2 heterocycles. The first-order valence-electron chi connectivity index (χ1n) is 14.5. The number of fused-ring (bicyclic) bond motifs is 3. The Balaban J connectivity index is 1.05. The number of rotatable bonds is 5. The molecule has 2 aliphatic carbocycles. The lowest BCUT2D eigenvalue weighted by molar-refractivity contribution is 0.299. The average molecular weight is 531 g/mol. The standard InChI is InChI=1S/C36H35FN2O/c1-24-19-27-7-9-31(22-29(27)20-24)40-23-30-21-28(8-11-34(30)37)32-10-12-35(38-25(32)2)39-17-15-36(16-18-39)14-13-26-5-3-4-6-33(26)36/h3-14,21-22,24H,15-20,23H2,1-2H3. The zero-order chi connectivity index (χ0) is 27.3. The van der Waals surface area contributed by atoms with Crippen LogP contribution in [-0.2, 0) is 24.9 Å². The minimum atomic E-state index is -0.245. The predicted molar refractivity (Wildman–Crippen MR) is 160 cm³/mol. The first-order chi connectivity index (χ1) is 19.5. The summed E-state index contributed by atoms with van der Waals surface area (Å²) < 4.78 is 20.8. The summed E-state index contributed by atoms with van der Waals surface area (Å²) in [6.07, 6.45) is 9.10. The molecule has 40 heavy (non-hydrogen) atoms. The molecule has 1 atom stereocenters. The number of piperidine rings is 1. The first kappa shape index (κ1) is 25.1. The van der Waals surface area contributed by atoms with E-state index in [4.69, 9.17) is 9.72 Å². The maximum atomic E-state index is 14.8. The fourth-order valence-electron chi connectivity index (χ4n) is 6.95. The highest BCUT2D eigenvalue weighted by atomic mass is 19.1. The van der Waals surface area contributed by atoms with Gasteiger partial charge in [-0.05, 0) is 103 Å². The van der Waals surface area contributed by atoms with Gasteiger partial charge in [-0.2, -0.15) is 0 Å². The van der Waals surface area contributed by atoms with Gasteiger partial charge >= 0.3 is 0 Å². The molecule has 202 valence electrons. The van der Waals surface area contributed by atoms with Gasteiger partial charge in [-0.25, -0.2) is 9.37 Å². The van der Waals surface area contributed by atoms with Crippen molar-refractivity contribution in [1.29, 1.82) is 0 Å². The van der Waals surface area contributed by atoms with E-state index in [1.54, 1.807) is 6.07 Å². The van der Waals surface area contributed by atoms with E-state index in [1.807, 2.05) is 25.1 Å². The van der Waals surface area contributed by atoms with Crippen LogP contribution in [0.2, 0.25) is 0 Å². The lowest BCUT2D eigenvalue weighted by Crippen LogP contribution is -2.41. The molecule has 1 spiro atoms. The number of aromatic nitrogens is 1. The fourth-order valence-corrected chi connectivity index (χ4v) is 6.95. The number of halogens is 1. The monoisotopic (exact) mass is 530 g/mol. The molecule has 0 N–H and O–H groups in total. The van der Waals surface area contributed by atoms with Crippen molar-refractivity contribution in [2.75, 3.05) is 18.0 Å². The second-order valence-corrected chi connectivity index (χ2v) is 11.9. The van der Waals surface area contributed by atoms with Gasteiger partial charge in [0, 0.05) is 35.3 Å². The molecule has 1 saturated heterocycles. The summed E-state index contributed by atoms with van der Waals surface area (Å²) in [4.78, 5) is 7.40. The molecule has 0 saturated carbocycles. The third-order valence-electron chi connectivity index (χ3n) is 9.20. The Kier molecular flexibility index (Phi) is 6.22. The van der Waals surface area contributed by atoms with Crippen LogP contribution in [0.5, 0.6) is 5.75 Å². The second-order valence-electron chi connectivity index (χ2n) is 11.9. The van der Waals surface area contributed by atoms with Crippen molar-refractivity contribution in [3.63, 3.8) is 0 Å². The number of ether oxygens (including phenoxy) is 1. The van der Waals surface area contributed by atoms with Gasteiger partial charge in [0.15, 0.2) is 0 Å². The smallest absolute Gasteiger partial charge is 0.129 e. The summed E-state index contributed by atoms with van der Waals surface area (Å²) in [6, 6.07) is 24.6. The highest BCUT2D eigenvalue weighted by Gasteiger charge is 2.38. The molecule has 1 aliphatic heterocycles. The van der Waals surface area contributed by atoms with Crippen LogP contribution in [0, 0.1) is 18.7 Å². The lowest BCUT2D eigenvalue weighted by Gasteiger charge is -2.40. The van der Waals surface area contributed by atoms with Crippen LogP contribution in [0.1, 0.15) is 53.3 Å². The third-order valence-corrected chi connectivity index (χ3v) is 9.20. The number of pyridine rings is 1. The van der Waals surface area contributed by atoms with E-state index in [1.165, 1.54) is 22.3 Å². The van der Waals surface area contributed by atoms with Crippen molar-refractivity contribution >= 4 is 11.9 Å². The zero-order valence-electron chi connectivity index (χ0n) is 23.3. The van der Waals surface area contributed by atoms with Gasteiger partial charge in [0.05, 0.1) is 0 Å². The molecule has 4 heteroatoms. The van der Waals surface area contributed by atoms with Crippen LogP contribution in [0.25, 0.3) is 17.2 Å². The van der Waals surface area contributed by atoms with E-state index in [-0.39, 0.29) is 17.8 Å². The minimum Gasteiger partial charge on any atom is -0.489 e. The fraction of sp³-hybridized carbons (Fsp3) is 0.306. The number of hydrogen-bond donors (Lipinski definition) is 0. The Morgan fingerprint density at radius 1 is 0.950 bits per heavy atom. The zero-order valence-corrected chi connectivity index (χ0v) is 23.3. The molecule has 0 radical (unpaired) electrons. The molecule has 3 aliphatic rings. The normalized spacial score (nSPS) is 18.7. The van der Waals surface area contributed by atoms with Crippen LogP contribution in [-0.4, -0.2) is 18.1 Å². The average Bonchev–Trinajstić information content (AvgIpc) is 3.52. The van der Waals surface area contributed by atoms with E-state index in [0.29, 0.717) is 11.5 Å².